The van der Waals surface area contributed by atoms with Gasteiger partial charge in [0.25, 0.3) is 10.0 Å². The summed E-state index contributed by atoms with van der Waals surface area (Å²) < 4.78 is 75.6. The van der Waals surface area contributed by atoms with E-state index in [1.54, 1.807) is 29.8 Å². The fraction of sp³-hybridized carbons (Fsp3) is 0.238. The number of anilines is 1. The molecule has 2 aromatic carbocycles. The first kappa shape index (κ1) is 21.6. The van der Waals surface area contributed by atoms with Crippen molar-refractivity contribution in [2.75, 3.05) is 11.4 Å². The highest BCUT2D eigenvalue weighted by atomic mass is 35.5. The van der Waals surface area contributed by atoms with Crippen LogP contribution in [-0.4, -0.2) is 20.1 Å². The Kier molecular flexibility index (Phi) is 5.21. The van der Waals surface area contributed by atoms with E-state index in [2.05, 4.69) is 0 Å². The summed E-state index contributed by atoms with van der Waals surface area (Å²) in [6, 6.07) is 9.90. The van der Waals surface area contributed by atoms with E-state index in [9.17, 15) is 21.6 Å². The number of nitrogens with zero attached hydrogens (tertiary/aromatic N) is 2. The summed E-state index contributed by atoms with van der Waals surface area (Å²) in [7, 11) is -2.86. The maximum absolute atomic E-state index is 13.7. The van der Waals surface area contributed by atoms with Gasteiger partial charge in [-0.3, -0.25) is 4.31 Å². The van der Waals surface area contributed by atoms with Gasteiger partial charge < -0.3 is 9.30 Å². The molecule has 0 saturated carbocycles. The van der Waals surface area contributed by atoms with E-state index >= 15 is 0 Å². The van der Waals surface area contributed by atoms with Gasteiger partial charge in [-0.2, -0.15) is 13.2 Å². The zero-order valence-electron chi connectivity index (χ0n) is 16.5. The third-order valence-corrected chi connectivity index (χ3v) is 7.39. The van der Waals surface area contributed by atoms with E-state index in [0.717, 1.165) is 16.4 Å². The zero-order chi connectivity index (χ0) is 22.6. The number of rotatable bonds is 4. The molecule has 5 nitrogen and oxygen atoms in total. The molecule has 0 radical (unpaired) electrons. The third kappa shape index (κ3) is 3.45. The molecule has 2 heterocycles. The summed E-state index contributed by atoms with van der Waals surface area (Å²) in [5, 5.41) is 0.0845. The zero-order valence-corrected chi connectivity index (χ0v) is 18.1. The minimum Gasteiger partial charge on any atom is -0.495 e. The van der Waals surface area contributed by atoms with E-state index < -0.39 is 27.8 Å². The van der Waals surface area contributed by atoms with Crippen molar-refractivity contribution in [3.63, 3.8) is 0 Å². The van der Waals surface area contributed by atoms with Gasteiger partial charge in [0, 0.05) is 11.9 Å². The van der Waals surface area contributed by atoms with E-state index in [-0.39, 0.29) is 15.6 Å². The van der Waals surface area contributed by atoms with Crippen LogP contribution in [0.3, 0.4) is 0 Å². The molecular formula is C21H18ClF3N2O3S. The van der Waals surface area contributed by atoms with Crippen LogP contribution in [0.5, 0.6) is 5.75 Å². The lowest BCUT2D eigenvalue weighted by Crippen LogP contribution is -2.39. The number of methoxy groups -OCH3 is 1. The number of hydrogen-bond donors (Lipinski definition) is 0. The molecule has 1 atom stereocenters. The van der Waals surface area contributed by atoms with Crippen LogP contribution in [0.25, 0.3) is 5.69 Å². The average Bonchev–Trinajstić information content (AvgIpc) is 3.21. The second-order valence-corrected chi connectivity index (χ2v) is 9.25. The Hall–Kier alpha value is -2.65. The van der Waals surface area contributed by atoms with Crippen molar-refractivity contribution in [3.8, 4) is 11.4 Å². The Balaban J connectivity index is 1.97. The molecule has 1 aliphatic rings. The molecule has 1 aromatic heterocycles. The molecule has 0 fully saturated rings. The molecule has 4 rings (SSSR count). The van der Waals surface area contributed by atoms with Gasteiger partial charge in [0.2, 0.25) is 0 Å². The summed E-state index contributed by atoms with van der Waals surface area (Å²) in [6.07, 6.45) is -2.56. The molecule has 0 amide bonds. The number of alkyl halides is 3. The van der Waals surface area contributed by atoms with Crippen molar-refractivity contribution in [3.05, 3.63) is 71.0 Å². The fourth-order valence-electron chi connectivity index (χ4n) is 3.85. The fourth-order valence-corrected chi connectivity index (χ4v) is 5.90. The summed E-state index contributed by atoms with van der Waals surface area (Å²) in [6.45, 7) is 1.78. The molecule has 0 aliphatic carbocycles. The number of ether oxygens (including phenoxy) is 1. The minimum atomic E-state index is -4.62. The largest absolute Gasteiger partial charge is 0.495 e. The van der Waals surface area contributed by atoms with Crippen molar-refractivity contribution in [2.24, 2.45) is 0 Å². The summed E-state index contributed by atoms with van der Waals surface area (Å²) >= 11 is 6.13. The standard InChI is InChI=1S/C21H18ClF3N2O3S/c1-3-16-17-5-4-10-26(17)18-8-6-13(21(23,24)25)11-19(18)27(16)31(28,29)14-7-9-20(30-2)15(22)12-14/h4-12,16H,3H2,1-2H3. The average molecular weight is 471 g/mol. The quantitative estimate of drug-likeness (QED) is 0.483. The van der Waals surface area contributed by atoms with Gasteiger partial charge in [-0.05, 0) is 55.0 Å². The first-order chi connectivity index (χ1) is 14.6. The van der Waals surface area contributed by atoms with Gasteiger partial charge in [-0.25, -0.2) is 8.42 Å². The molecule has 3 aromatic rings. The Morgan fingerprint density at radius 3 is 2.45 bits per heavy atom. The van der Waals surface area contributed by atoms with E-state index in [1.165, 1.54) is 31.4 Å². The molecule has 1 aliphatic heterocycles. The molecule has 1 unspecified atom stereocenters. The number of hydrogen-bond acceptors (Lipinski definition) is 3. The van der Waals surface area contributed by atoms with Crippen molar-refractivity contribution < 1.29 is 26.3 Å². The monoisotopic (exact) mass is 470 g/mol. The lowest BCUT2D eigenvalue weighted by atomic mass is 10.0. The smallest absolute Gasteiger partial charge is 0.416 e. The van der Waals surface area contributed by atoms with Crippen LogP contribution in [0, 0.1) is 0 Å². The minimum absolute atomic E-state index is 0.0442. The van der Waals surface area contributed by atoms with Gasteiger partial charge in [-0.15, -0.1) is 0 Å². The first-order valence-electron chi connectivity index (χ1n) is 9.36. The first-order valence-corrected chi connectivity index (χ1v) is 11.2. The highest BCUT2D eigenvalue weighted by molar-refractivity contribution is 7.92. The van der Waals surface area contributed by atoms with Crippen LogP contribution in [-0.2, 0) is 16.2 Å². The Morgan fingerprint density at radius 2 is 1.84 bits per heavy atom. The lowest BCUT2D eigenvalue weighted by Gasteiger charge is -2.38. The van der Waals surface area contributed by atoms with Crippen molar-refractivity contribution in [1.29, 1.82) is 0 Å². The van der Waals surface area contributed by atoms with Gasteiger partial charge >= 0.3 is 6.18 Å². The van der Waals surface area contributed by atoms with E-state index in [0.29, 0.717) is 23.6 Å². The molecule has 10 heteroatoms. The highest BCUT2D eigenvalue weighted by Crippen LogP contribution is 2.46. The van der Waals surface area contributed by atoms with Crippen LogP contribution in [0.4, 0.5) is 18.9 Å². The SMILES string of the molecule is CCC1c2cccn2-c2ccc(C(F)(F)F)cc2N1S(=O)(=O)c1ccc(OC)c(Cl)c1. The Labute approximate surface area is 182 Å². The Morgan fingerprint density at radius 1 is 1.10 bits per heavy atom. The molecule has 31 heavy (non-hydrogen) atoms. The molecule has 164 valence electrons. The van der Waals surface area contributed by atoms with Crippen LogP contribution >= 0.6 is 11.6 Å². The molecule has 0 bridgehead atoms. The molecule has 0 N–H and O–H groups in total. The number of fused-ring (bicyclic) bond motifs is 3. The normalized spacial score (nSPS) is 16.1. The van der Waals surface area contributed by atoms with Crippen molar-refractivity contribution in [1.82, 2.24) is 4.57 Å². The lowest BCUT2D eigenvalue weighted by molar-refractivity contribution is -0.137. The number of aromatic nitrogens is 1. The molecule has 0 spiro atoms. The second-order valence-electron chi connectivity index (χ2n) is 7.03. The number of halogens is 4. The maximum atomic E-state index is 13.7. The maximum Gasteiger partial charge on any atom is 0.416 e. The van der Waals surface area contributed by atoms with Crippen molar-refractivity contribution in [2.45, 2.75) is 30.5 Å². The number of sulfonamides is 1. The number of benzene rings is 2. The highest BCUT2D eigenvalue weighted by Gasteiger charge is 2.40. The predicted octanol–water partition coefficient (Wildman–Crippen LogP) is 5.82. The Bertz CT molecular complexity index is 1250. The van der Waals surface area contributed by atoms with E-state index in [1.807, 2.05) is 0 Å². The summed E-state index contributed by atoms with van der Waals surface area (Å²) in [5.41, 5.74) is 0.0424. The van der Waals surface area contributed by atoms with Gasteiger partial charge in [0.05, 0.1) is 40.0 Å². The molecular weight excluding hydrogens is 453 g/mol. The van der Waals surface area contributed by atoms with Crippen LogP contribution in [0.1, 0.15) is 30.6 Å². The van der Waals surface area contributed by atoms with Gasteiger partial charge in [0.15, 0.2) is 0 Å². The summed E-state index contributed by atoms with van der Waals surface area (Å²) in [5.74, 6) is 0.292. The van der Waals surface area contributed by atoms with Crippen LogP contribution in [0.2, 0.25) is 5.02 Å². The van der Waals surface area contributed by atoms with Gasteiger partial charge in [0.1, 0.15) is 5.75 Å². The molecule has 0 saturated heterocycles. The summed E-state index contributed by atoms with van der Waals surface area (Å²) in [4.78, 5) is -0.139. The van der Waals surface area contributed by atoms with Crippen LogP contribution in [0.15, 0.2) is 59.6 Å². The predicted molar refractivity (Wildman–Crippen MR) is 111 cm³/mol. The van der Waals surface area contributed by atoms with Crippen LogP contribution < -0.4 is 9.04 Å². The topological polar surface area (TPSA) is 51.5 Å². The van der Waals surface area contributed by atoms with Crippen molar-refractivity contribution >= 4 is 27.3 Å². The van der Waals surface area contributed by atoms with Gasteiger partial charge in [-0.1, -0.05) is 18.5 Å². The second kappa shape index (κ2) is 7.49. The third-order valence-electron chi connectivity index (χ3n) is 5.27. The van der Waals surface area contributed by atoms with E-state index in [4.69, 9.17) is 16.3 Å².